The predicted molar refractivity (Wildman–Crippen MR) is 401 cm³/mol. The Morgan fingerprint density at radius 2 is 0.233 bits per heavy atom. The molecular weight excluding hydrogens is 1080 g/mol. The maximum Gasteiger partial charge on any atom is -0.0000449 e. The molecule has 0 amide bonds. The van der Waals surface area contributed by atoms with Gasteiger partial charge in [-0.3, -0.25) is 0 Å². The van der Waals surface area contributed by atoms with Gasteiger partial charge in [-0.15, -0.1) is 0 Å². The summed E-state index contributed by atoms with van der Waals surface area (Å²) < 4.78 is 0. The van der Waals surface area contributed by atoms with E-state index in [4.69, 9.17) is 0 Å². The molecule has 0 nitrogen and oxygen atoms in total. The van der Waals surface area contributed by atoms with Gasteiger partial charge in [0.05, 0.1) is 0 Å². The van der Waals surface area contributed by atoms with Crippen molar-refractivity contribution < 1.29 is 0 Å². The van der Waals surface area contributed by atoms with E-state index in [0.717, 1.165) is 12.8 Å². The van der Waals surface area contributed by atoms with Gasteiger partial charge in [-0.2, -0.15) is 0 Å². The summed E-state index contributed by atoms with van der Waals surface area (Å²) in [6, 6.07) is 0. The van der Waals surface area contributed by atoms with Crippen molar-refractivity contribution in [1.29, 1.82) is 0 Å². The molecule has 0 saturated heterocycles. The molecule has 0 radical (unpaired) electrons. The van der Waals surface area contributed by atoms with Crippen LogP contribution >= 0.6 is 0 Å². The first-order chi connectivity index (χ1) is 42.1. The molecule has 0 heteroatoms. The molecule has 12 aromatic rings. The average molecular weight is 1180 g/mol. The first kappa shape index (κ1) is 61.6. The quantitative estimate of drug-likeness (QED) is 0.133. The van der Waals surface area contributed by atoms with Gasteiger partial charge in [0.15, 0.2) is 0 Å². The molecule has 0 unspecified atom stereocenters. The molecule has 460 valence electrons. The maximum atomic E-state index is 2.43. The first-order valence-electron chi connectivity index (χ1n) is 33.9. The molecule has 12 aromatic carbocycles. The molecule has 14 rings (SSSR count). The topological polar surface area (TPSA) is 0 Å². The van der Waals surface area contributed by atoms with E-state index in [1.54, 1.807) is 22.3 Å². The minimum absolute atomic E-state index is 0.992. The first-order valence-corrected chi connectivity index (χ1v) is 33.9. The van der Waals surface area contributed by atoms with Crippen molar-refractivity contribution in [3.05, 3.63) is 200 Å². The number of hydrogen-bond donors (Lipinski definition) is 0. The van der Waals surface area contributed by atoms with Crippen molar-refractivity contribution in [2.45, 2.75) is 234 Å². The van der Waals surface area contributed by atoms with E-state index in [0.29, 0.717) is 0 Å². The number of rotatable bonds is 0. The van der Waals surface area contributed by atoms with Crippen molar-refractivity contribution in [1.82, 2.24) is 0 Å². The van der Waals surface area contributed by atoms with Gasteiger partial charge in [-0.25, -0.2) is 0 Å². The predicted octanol–water partition coefficient (Wildman–Crippen LogP) is 25.6. The molecule has 90 heavy (non-hydrogen) atoms. The zero-order chi connectivity index (χ0) is 65.7. The molecular formula is C90H100. The summed E-state index contributed by atoms with van der Waals surface area (Å²) in [5.41, 5.74) is 58.8. The van der Waals surface area contributed by atoms with Crippen LogP contribution in [0.1, 0.15) is 200 Å². The van der Waals surface area contributed by atoms with Crippen molar-refractivity contribution in [2.24, 2.45) is 0 Å². The van der Waals surface area contributed by atoms with Crippen LogP contribution in [0.5, 0.6) is 0 Å². The molecule has 0 saturated carbocycles. The fraction of sp³-hybridized carbons (Fsp3) is 0.378. The Kier molecular flexibility index (Phi) is 13.8. The van der Waals surface area contributed by atoms with E-state index in [-0.39, 0.29) is 0 Å². The molecule has 0 atom stereocenters. The second kappa shape index (κ2) is 20.1. The third kappa shape index (κ3) is 7.32. The van der Waals surface area contributed by atoms with Crippen molar-refractivity contribution >= 4 is 86.2 Å². The highest BCUT2D eigenvalue weighted by Gasteiger charge is 2.36. The third-order valence-electron chi connectivity index (χ3n) is 26.8. The van der Waals surface area contributed by atoms with E-state index < -0.39 is 0 Å². The van der Waals surface area contributed by atoms with Gasteiger partial charge < -0.3 is 0 Å². The summed E-state index contributed by atoms with van der Waals surface area (Å²) in [6.45, 7) is 75.7. The van der Waals surface area contributed by atoms with Gasteiger partial charge in [0.25, 0.3) is 0 Å². The van der Waals surface area contributed by atoms with Crippen LogP contribution in [0.15, 0.2) is 0 Å². The Hall–Kier alpha value is -7.28. The van der Waals surface area contributed by atoms with Crippen LogP contribution < -0.4 is 0 Å². The van der Waals surface area contributed by atoms with Crippen molar-refractivity contribution in [2.75, 3.05) is 0 Å². The lowest BCUT2D eigenvalue weighted by Crippen LogP contribution is -2.03. The lowest BCUT2D eigenvalue weighted by atomic mass is 9.78. The van der Waals surface area contributed by atoms with E-state index in [9.17, 15) is 0 Å². The normalized spacial score (nSPS) is 12.8. The molecule has 0 N–H and O–H groups in total. The summed E-state index contributed by atoms with van der Waals surface area (Å²) in [4.78, 5) is 0. The molecule has 2 aliphatic rings. The third-order valence-corrected chi connectivity index (χ3v) is 26.8. The molecule has 2 aliphatic carbocycles. The minimum atomic E-state index is 0.992. The molecule has 0 heterocycles. The number of benzene rings is 12. The number of hydrogen-bond acceptors (Lipinski definition) is 0. The highest BCUT2D eigenvalue weighted by molar-refractivity contribution is 6.24. The number of fused-ring (bicyclic) bond motifs is 20. The fourth-order valence-electron chi connectivity index (χ4n) is 19.7. The zero-order valence-corrected chi connectivity index (χ0v) is 61.4. The van der Waals surface area contributed by atoms with Gasteiger partial charge in [0.1, 0.15) is 0 Å². The van der Waals surface area contributed by atoms with Crippen LogP contribution in [0, 0.1) is 222 Å². The van der Waals surface area contributed by atoms with Gasteiger partial charge >= 0.3 is 0 Å². The Morgan fingerprint density at radius 3 is 0.467 bits per heavy atom. The van der Waals surface area contributed by atoms with E-state index in [2.05, 4.69) is 222 Å². The second-order valence-corrected chi connectivity index (χ2v) is 29.8. The van der Waals surface area contributed by atoms with E-state index in [1.165, 1.54) is 286 Å². The van der Waals surface area contributed by atoms with Crippen molar-refractivity contribution in [3.8, 4) is 22.3 Å². The zero-order valence-electron chi connectivity index (χ0n) is 61.4. The van der Waals surface area contributed by atoms with Crippen LogP contribution in [0.3, 0.4) is 0 Å². The smallest absolute Gasteiger partial charge is 0.0000449 e. The maximum absolute atomic E-state index is 2.43. The molecule has 0 spiro atoms. The van der Waals surface area contributed by atoms with E-state index in [1.807, 2.05) is 0 Å². The highest BCUT2D eigenvalue weighted by atomic mass is 14.4. The Labute approximate surface area is 539 Å². The molecule has 0 aliphatic heterocycles. The lowest BCUT2D eigenvalue weighted by Gasteiger charge is -2.25. The summed E-state index contributed by atoms with van der Waals surface area (Å²) in [7, 11) is 0. The van der Waals surface area contributed by atoms with E-state index >= 15 is 0 Å². The second-order valence-electron chi connectivity index (χ2n) is 29.8. The summed E-state index contributed by atoms with van der Waals surface area (Å²) >= 11 is 0. The molecule has 0 bridgehead atoms. The lowest BCUT2D eigenvalue weighted by molar-refractivity contribution is 1.19. The standard InChI is InChI=1S/2C45H50/c1-18-20(3)24(7)42-36(22(18)5)26(9)28(11)38-32(15)40-34(30(13)44(38)42)17-35-31(14)45-39(33(16)41(35)40)29(12)27(10)37-23(6)19(2)21(4)25(8)43(37)45;1-18-20(3)24(7)42-36(22(18)5)26(9)28(11)38-30(13)32(15)40-34(44(38)42)17-35-41(40)33(16)31(14)39-29(12)27(10)37-23(6)19(2)21(4)25(8)43(37)45(35)39/h2*17H2,1-16H3. The van der Waals surface area contributed by atoms with Crippen LogP contribution in [-0.4, -0.2) is 0 Å². The Bertz CT molecular complexity index is 5190. The molecule has 0 aromatic heterocycles. The molecule has 0 fully saturated rings. The highest BCUT2D eigenvalue weighted by Crippen LogP contribution is 2.57. The average Bonchev–Trinajstić information content (AvgIpc) is 1.43. The van der Waals surface area contributed by atoms with Crippen LogP contribution in [0.2, 0.25) is 0 Å². The largest absolute Gasteiger partial charge is 0.0444 e. The van der Waals surface area contributed by atoms with Crippen LogP contribution in [-0.2, 0) is 12.8 Å². The summed E-state index contributed by atoms with van der Waals surface area (Å²) in [5, 5.41) is 23.9. The fourth-order valence-corrected chi connectivity index (χ4v) is 19.7. The SMILES string of the molecule is Cc1c(C)c(C)c2c(c1C)c(C)c(C)c1c(C)c(C)c3c(c12)Cc1c-3c(C)c(C)c2c(C)c(C)c3c(C)c(C)c(C)c(C)c3c12.Cc1c(C)c(C)c2c(c1C)c(C)c(C)c1c(C)c3c(c(C)c12)Cc1c-3c(C)c2c(C)c(C)c3c(C)c(C)c(C)c(C)c3c2c1C. The Balaban J connectivity index is 0.000000165. The minimum Gasteiger partial charge on any atom is -0.0444 e. The number of aryl methyl sites for hydroxylation is 22. The van der Waals surface area contributed by atoms with Crippen LogP contribution in [0.4, 0.5) is 0 Å². The summed E-state index contributed by atoms with van der Waals surface area (Å²) in [6.07, 6.45) is 2.01. The van der Waals surface area contributed by atoms with Gasteiger partial charge in [-0.1, -0.05) is 0 Å². The van der Waals surface area contributed by atoms with Gasteiger partial charge in [0.2, 0.25) is 0 Å². The summed E-state index contributed by atoms with van der Waals surface area (Å²) in [5.74, 6) is 0. The monoisotopic (exact) mass is 1180 g/mol. The van der Waals surface area contributed by atoms with Crippen LogP contribution in [0.25, 0.3) is 108 Å². The van der Waals surface area contributed by atoms with Gasteiger partial charge in [-0.05, 0) is 543 Å². The van der Waals surface area contributed by atoms with Gasteiger partial charge in [0, 0.05) is 0 Å². The Morgan fingerprint density at radius 1 is 0.100 bits per heavy atom. The van der Waals surface area contributed by atoms with Crippen molar-refractivity contribution in [3.63, 3.8) is 0 Å².